The highest BCUT2D eigenvalue weighted by molar-refractivity contribution is 5.94. The van der Waals surface area contributed by atoms with Crippen molar-refractivity contribution in [3.05, 3.63) is 54.1 Å². The highest BCUT2D eigenvalue weighted by Crippen LogP contribution is 2.10. The number of carbonyl (C=O) groups is 1. The number of carbonyl (C=O) groups excluding carboxylic acids is 1. The molecule has 0 saturated heterocycles. The molecule has 3 aromatic rings. The van der Waals surface area contributed by atoms with Crippen LogP contribution in [0.1, 0.15) is 16.2 Å². The van der Waals surface area contributed by atoms with Gasteiger partial charge in [0.05, 0.1) is 22.8 Å². The van der Waals surface area contributed by atoms with Crippen LogP contribution in [0, 0.1) is 0 Å². The summed E-state index contributed by atoms with van der Waals surface area (Å²) in [5.41, 5.74) is 2.23. The smallest absolute Gasteiger partial charge is 0.252 e. The molecule has 1 amide bonds. The Kier molecular flexibility index (Phi) is 3.51. The summed E-state index contributed by atoms with van der Waals surface area (Å²) in [7, 11) is 0. The van der Waals surface area contributed by atoms with Gasteiger partial charge in [0, 0.05) is 19.2 Å². The van der Waals surface area contributed by atoms with E-state index in [1.807, 2.05) is 24.3 Å². The lowest BCUT2D eigenvalue weighted by molar-refractivity contribution is 0.0953. The Morgan fingerprint density at radius 3 is 2.95 bits per heavy atom. The predicted molar refractivity (Wildman–Crippen MR) is 78.0 cm³/mol. The molecule has 0 aliphatic heterocycles. The molecular weight excluding hydrogens is 268 g/mol. The van der Waals surface area contributed by atoms with E-state index in [1.165, 1.54) is 18.5 Å². The second-order valence-electron chi connectivity index (χ2n) is 4.64. The van der Waals surface area contributed by atoms with Crippen LogP contribution in [0.3, 0.4) is 0 Å². The summed E-state index contributed by atoms with van der Waals surface area (Å²) in [6, 6.07) is 9.16. The van der Waals surface area contributed by atoms with E-state index in [9.17, 15) is 9.90 Å². The number of para-hydroxylation sites is 2. The van der Waals surface area contributed by atoms with Crippen LogP contribution in [-0.4, -0.2) is 32.5 Å². The van der Waals surface area contributed by atoms with Crippen LogP contribution in [0.4, 0.5) is 0 Å². The predicted octanol–water partition coefficient (Wildman–Crippen LogP) is 1.64. The van der Waals surface area contributed by atoms with Crippen LogP contribution in [0.2, 0.25) is 0 Å². The van der Waals surface area contributed by atoms with Gasteiger partial charge in [-0.05, 0) is 18.2 Å². The van der Waals surface area contributed by atoms with Gasteiger partial charge >= 0.3 is 0 Å². The highest BCUT2D eigenvalue weighted by atomic mass is 16.3. The zero-order valence-electron chi connectivity index (χ0n) is 11.2. The van der Waals surface area contributed by atoms with Gasteiger partial charge in [-0.3, -0.25) is 9.78 Å². The normalized spacial score (nSPS) is 10.7. The number of benzene rings is 1. The molecule has 6 heteroatoms. The van der Waals surface area contributed by atoms with Crippen LogP contribution < -0.4 is 5.32 Å². The van der Waals surface area contributed by atoms with E-state index in [0.717, 1.165) is 16.9 Å². The number of H-pyrrole nitrogens is 1. The van der Waals surface area contributed by atoms with Crippen molar-refractivity contribution in [3.8, 4) is 5.75 Å². The van der Waals surface area contributed by atoms with Gasteiger partial charge in [-0.2, -0.15) is 0 Å². The third-order valence-corrected chi connectivity index (χ3v) is 3.07. The van der Waals surface area contributed by atoms with E-state index in [0.29, 0.717) is 18.5 Å². The van der Waals surface area contributed by atoms with Gasteiger partial charge in [-0.1, -0.05) is 12.1 Å². The molecule has 106 valence electrons. The van der Waals surface area contributed by atoms with Gasteiger partial charge in [0.25, 0.3) is 5.91 Å². The first-order chi connectivity index (χ1) is 10.2. The van der Waals surface area contributed by atoms with Gasteiger partial charge in [0.1, 0.15) is 11.6 Å². The van der Waals surface area contributed by atoms with Gasteiger partial charge in [-0.25, -0.2) is 4.98 Å². The monoisotopic (exact) mass is 282 g/mol. The molecule has 0 unspecified atom stereocenters. The first-order valence-electron chi connectivity index (χ1n) is 6.58. The lowest BCUT2D eigenvalue weighted by Crippen LogP contribution is -2.26. The zero-order chi connectivity index (χ0) is 14.7. The lowest BCUT2D eigenvalue weighted by Gasteiger charge is -2.03. The number of nitrogens with zero attached hydrogens (tertiary/aromatic N) is 2. The fourth-order valence-electron chi connectivity index (χ4n) is 2.07. The Labute approximate surface area is 120 Å². The Hall–Kier alpha value is -2.89. The molecule has 6 nitrogen and oxygen atoms in total. The van der Waals surface area contributed by atoms with E-state index in [4.69, 9.17) is 0 Å². The number of rotatable bonds is 4. The average Bonchev–Trinajstić information content (AvgIpc) is 2.89. The standard InChI is InChI=1S/C15H14N4O2/c20-11-7-10(8-16-9-11)15(21)17-6-5-14-18-12-3-1-2-4-13(12)19-14/h1-4,7-9,20H,5-6H2,(H,17,21)(H,18,19). The maximum Gasteiger partial charge on any atom is 0.252 e. The summed E-state index contributed by atoms with van der Waals surface area (Å²) in [6.07, 6.45) is 3.30. The number of aromatic hydroxyl groups is 1. The van der Waals surface area contributed by atoms with E-state index >= 15 is 0 Å². The minimum Gasteiger partial charge on any atom is -0.506 e. The van der Waals surface area contributed by atoms with Crippen molar-refractivity contribution in [3.63, 3.8) is 0 Å². The number of imidazole rings is 1. The lowest BCUT2D eigenvalue weighted by atomic mass is 10.2. The van der Waals surface area contributed by atoms with Gasteiger partial charge in [0.15, 0.2) is 0 Å². The zero-order valence-corrected chi connectivity index (χ0v) is 11.2. The number of hydrogen-bond acceptors (Lipinski definition) is 4. The Bertz CT molecular complexity index is 749. The van der Waals surface area contributed by atoms with Crippen molar-refractivity contribution < 1.29 is 9.90 Å². The molecule has 0 bridgehead atoms. The molecule has 2 heterocycles. The number of amides is 1. The molecule has 0 aliphatic rings. The number of nitrogens with one attached hydrogen (secondary N) is 2. The maximum atomic E-state index is 11.9. The molecule has 1 aromatic carbocycles. The van der Waals surface area contributed by atoms with Crippen LogP contribution >= 0.6 is 0 Å². The van der Waals surface area contributed by atoms with Crippen molar-refractivity contribution in [2.45, 2.75) is 6.42 Å². The van der Waals surface area contributed by atoms with Crippen molar-refractivity contribution in [2.75, 3.05) is 6.54 Å². The quantitative estimate of drug-likeness (QED) is 0.678. The van der Waals surface area contributed by atoms with Crippen LogP contribution in [-0.2, 0) is 6.42 Å². The summed E-state index contributed by atoms with van der Waals surface area (Å²) < 4.78 is 0. The van der Waals surface area contributed by atoms with Gasteiger partial charge in [-0.15, -0.1) is 0 Å². The molecule has 0 radical (unpaired) electrons. The highest BCUT2D eigenvalue weighted by Gasteiger charge is 2.07. The topological polar surface area (TPSA) is 90.9 Å². The summed E-state index contributed by atoms with van der Waals surface area (Å²) in [5.74, 6) is 0.528. The van der Waals surface area contributed by atoms with Crippen molar-refractivity contribution in [2.24, 2.45) is 0 Å². The summed E-state index contributed by atoms with van der Waals surface area (Å²) >= 11 is 0. The van der Waals surface area contributed by atoms with Gasteiger partial charge in [0.2, 0.25) is 0 Å². The number of pyridine rings is 1. The molecule has 3 rings (SSSR count). The van der Waals surface area contributed by atoms with Crippen molar-refractivity contribution >= 4 is 16.9 Å². The minimum absolute atomic E-state index is 0.0278. The summed E-state index contributed by atoms with van der Waals surface area (Å²) in [5, 5.41) is 12.1. The third kappa shape index (κ3) is 3.00. The first-order valence-corrected chi connectivity index (χ1v) is 6.58. The first kappa shape index (κ1) is 13.1. The molecule has 0 spiro atoms. The van der Waals surface area contributed by atoms with Gasteiger partial charge < -0.3 is 15.4 Å². The second kappa shape index (κ2) is 5.62. The molecule has 3 N–H and O–H groups in total. The summed E-state index contributed by atoms with van der Waals surface area (Å²) in [6.45, 7) is 0.453. The molecular formula is C15H14N4O2. The molecule has 0 aliphatic carbocycles. The molecule has 21 heavy (non-hydrogen) atoms. The fraction of sp³-hybridized carbons (Fsp3) is 0.133. The van der Waals surface area contributed by atoms with E-state index in [1.54, 1.807) is 0 Å². The molecule has 0 saturated carbocycles. The second-order valence-corrected chi connectivity index (χ2v) is 4.64. The van der Waals surface area contributed by atoms with Crippen molar-refractivity contribution in [1.82, 2.24) is 20.3 Å². The number of hydrogen-bond donors (Lipinski definition) is 3. The van der Waals surface area contributed by atoms with Crippen LogP contribution in [0.15, 0.2) is 42.7 Å². The molecule has 0 atom stereocenters. The van der Waals surface area contributed by atoms with Crippen LogP contribution in [0.25, 0.3) is 11.0 Å². The minimum atomic E-state index is -0.269. The Morgan fingerprint density at radius 1 is 1.29 bits per heavy atom. The number of aromatic amines is 1. The molecule has 2 aromatic heterocycles. The largest absolute Gasteiger partial charge is 0.506 e. The third-order valence-electron chi connectivity index (χ3n) is 3.07. The molecule has 0 fully saturated rings. The van der Waals surface area contributed by atoms with E-state index < -0.39 is 0 Å². The number of fused-ring (bicyclic) bond motifs is 1. The van der Waals surface area contributed by atoms with Crippen LogP contribution in [0.5, 0.6) is 5.75 Å². The average molecular weight is 282 g/mol. The fourth-order valence-corrected chi connectivity index (χ4v) is 2.07. The Balaban J connectivity index is 1.59. The van der Waals surface area contributed by atoms with Crippen molar-refractivity contribution in [1.29, 1.82) is 0 Å². The SMILES string of the molecule is O=C(NCCc1nc2ccccc2[nH]1)c1cncc(O)c1. The summed E-state index contributed by atoms with van der Waals surface area (Å²) in [4.78, 5) is 23.3. The van der Waals surface area contributed by atoms with E-state index in [2.05, 4.69) is 20.3 Å². The van der Waals surface area contributed by atoms with E-state index in [-0.39, 0.29) is 11.7 Å². The number of aromatic nitrogens is 3. The maximum absolute atomic E-state index is 11.9. The Morgan fingerprint density at radius 2 is 2.14 bits per heavy atom.